The quantitative estimate of drug-likeness (QED) is 0.750. The highest BCUT2D eigenvalue weighted by molar-refractivity contribution is 7.99. The van der Waals surface area contributed by atoms with E-state index in [0.717, 1.165) is 25.9 Å². The molecule has 4 heteroatoms. The molecule has 2 atom stereocenters. The lowest BCUT2D eigenvalue weighted by Gasteiger charge is -2.22. The highest BCUT2D eigenvalue weighted by Gasteiger charge is 2.19. The normalized spacial score (nSPS) is 23.5. The minimum Gasteiger partial charge on any atom is -0.355 e. The molecule has 0 aromatic rings. The van der Waals surface area contributed by atoms with E-state index < -0.39 is 0 Å². The van der Waals surface area contributed by atoms with Crippen LogP contribution in [0.15, 0.2) is 0 Å². The van der Waals surface area contributed by atoms with Crippen LogP contribution in [0.25, 0.3) is 0 Å². The summed E-state index contributed by atoms with van der Waals surface area (Å²) in [5.74, 6) is 0.183. The second-order valence-electron chi connectivity index (χ2n) is 4.13. The van der Waals surface area contributed by atoms with Crippen LogP contribution in [0, 0.1) is 0 Å². The first-order chi connectivity index (χ1) is 7.24. The number of nitrogens with one attached hydrogen (secondary N) is 2. The number of rotatable bonds is 5. The molecule has 1 amide bonds. The summed E-state index contributed by atoms with van der Waals surface area (Å²) in [5.41, 5.74) is 0. The monoisotopic (exact) mass is 230 g/mol. The van der Waals surface area contributed by atoms with E-state index in [1.807, 2.05) is 11.8 Å². The first-order valence-electron chi connectivity index (χ1n) is 5.78. The van der Waals surface area contributed by atoms with Crippen molar-refractivity contribution >= 4 is 17.7 Å². The van der Waals surface area contributed by atoms with E-state index in [4.69, 9.17) is 0 Å². The molecule has 0 aromatic carbocycles. The predicted molar refractivity (Wildman–Crippen MR) is 66.2 cm³/mol. The minimum absolute atomic E-state index is 0.0586. The zero-order valence-corrected chi connectivity index (χ0v) is 10.5. The second-order valence-corrected chi connectivity index (χ2v) is 5.40. The SMILES string of the molecule is CSC(C)CCNC(=O)C1CCCCN1. The first-order valence-corrected chi connectivity index (χ1v) is 7.06. The maximum Gasteiger partial charge on any atom is 0.237 e. The summed E-state index contributed by atoms with van der Waals surface area (Å²) < 4.78 is 0. The standard InChI is InChI=1S/C11H22N2OS/c1-9(15-2)6-8-13-11(14)10-5-3-4-7-12-10/h9-10,12H,3-8H2,1-2H3,(H,13,14). The number of amides is 1. The van der Waals surface area contributed by atoms with E-state index in [1.54, 1.807) is 0 Å². The summed E-state index contributed by atoms with van der Waals surface area (Å²) in [6.07, 6.45) is 6.53. The van der Waals surface area contributed by atoms with E-state index in [-0.39, 0.29) is 11.9 Å². The number of carbonyl (C=O) groups excluding carboxylic acids is 1. The van der Waals surface area contributed by atoms with Gasteiger partial charge in [0.05, 0.1) is 6.04 Å². The minimum atomic E-state index is 0.0586. The Hall–Kier alpha value is -0.220. The highest BCUT2D eigenvalue weighted by atomic mass is 32.2. The Morgan fingerprint density at radius 3 is 3.00 bits per heavy atom. The van der Waals surface area contributed by atoms with Gasteiger partial charge in [0.25, 0.3) is 0 Å². The Labute approximate surface area is 96.8 Å². The van der Waals surface area contributed by atoms with Crippen molar-refractivity contribution < 1.29 is 4.79 Å². The van der Waals surface area contributed by atoms with Gasteiger partial charge in [-0.2, -0.15) is 11.8 Å². The van der Waals surface area contributed by atoms with Crippen molar-refractivity contribution in [3.05, 3.63) is 0 Å². The summed E-state index contributed by atoms with van der Waals surface area (Å²) >= 11 is 1.85. The number of piperidine rings is 1. The maximum absolute atomic E-state index is 11.7. The van der Waals surface area contributed by atoms with Crippen molar-refractivity contribution in [2.45, 2.75) is 43.9 Å². The molecule has 1 heterocycles. The van der Waals surface area contributed by atoms with Crippen LogP contribution in [0.2, 0.25) is 0 Å². The van der Waals surface area contributed by atoms with Crippen LogP contribution >= 0.6 is 11.8 Å². The smallest absolute Gasteiger partial charge is 0.237 e. The van der Waals surface area contributed by atoms with Gasteiger partial charge in [-0.05, 0) is 32.1 Å². The van der Waals surface area contributed by atoms with Gasteiger partial charge in [-0.25, -0.2) is 0 Å². The van der Waals surface area contributed by atoms with Gasteiger partial charge >= 0.3 is 0 Å². The Morgan fingerprint density at radius 2 is 2.40 bits per heavy atom. The molecule has 15 heavy (non-hydrogen) atoms. The Bertz CT molecular complexity index is 193. The lowest BCUT2D eigenvalue weighted by molar-refractivity contribution is -0.123. The number of hydrogen-bond acceptors (Lipinski definition) is 3. The molecule has 0 bridgehead atoms. The molecule has 0 saturated carbocycles. The lowest BCUT2D eigenvalue weighted by Crippen LogP contribution is -2.46. The fraction of sp³-hybridized carbons (Fsp3) is 0.909. The van der Waals surface area contributed by atoms with Crippen LogP contribution in [0.3, 0.4) is 0 Å². The van der Waals surface area contributed by atoms with Gasteiger partial charge in [0.1, 0.15) is 0 Å². The fourth-order valence-electron chi connectivity index (χ4n) is 1.72. The molecule has 2 N–H and O–H groups in total. The Kier molecular flexibility index (Phi) is 6.10. The van der Waals surface area contributed by atoms with Crippen LogP contribution in [-0.4, -0.2) is 36.5 Å². The van der Waals surface area contributed by atoms with Gasteiger partial charge in [0, 0.05) is 11.8 Å². The first kappa shape index (κ1) is 12.8. The van der Waals surface area contributed by atoms with Crippen LogP contribution in [0.4, 0.5) is 0 Å². The van der Waals surface area contributed by atoms with Crippen molar-refractivity contribution in [1.29, 1.82) is 0 Å². The van der Waals surface area contributed by atoms with Crippen LogP contribution in [-0.2, 0) is 4.79 Å². The summed E-state index contributed by atoms with van der Waals surface area (Å²) in [7, 11) is 0. The average molecular weight is 230 g/mol. The van der Waals surface area contributed by atoms with Gasteiger partial charge in [-0.15, -0.1) is 0 Å². The molecule has 1 aliphatic rings. The molecule has 1 fully saturated rings. The molecule has 0 spiro atoms. The maximum atomic E-state index is 11.7. The van der Waals surface area contributed by atoms with Crippen LogP contribution in [0.1, 0.15) is 32.6 Å². The van der Waals surface area contributed by atoms with E-state index in [1.165, 1.54) is 12.8 Å². The summed E-state index contributed by atoms with van der Waals surface area (Å²) in [6.45, 7) is 3.98. The van der Waals surface area contributed by atoms with E-state index in [0.29, 0.717) is 5.25 Å². The largest absolute Gasteiger partial charge is 0.355 e. The van der Waals surface area contributed by atoms with Crippen molar-refractivity contribution in [1.82, 2.24) is 10.6 Å². The van der Waals surface area contributed by atoms with Crippen LogP contribution in [0.5, 0.6) is 0 Å². The Balaban J connectivity index is 2.12. The highest BCUT2D eigenvalue weighted by Crippen LogP contribution is 2.09. The molecule has 3 nitrogen and oxygen atoms in total. The molecule has 1 saturated heterocycles. The molecule has 0 radical (unpaired) electrons. The molecule has 0 aromatic heterocycles. The van der Waals surface area contributed by atoms with Crippen molar-refractivity contribution in [3.63, 3.8) is 0 Å². The number of hydrogen-bond donors (Lipinski definition) is 2. The number of carbonyl (C=O) groups is 1. The topological polar surface area (TPSA) is 41.1 Å². The zero-order chi connectivity index (χ0) is 11.1. The molecule has 1 rings (SSSR count). The third kappa shape index (κ3) is 4.89. The lowest BCUT2D eigenvalue weighted by atomic mass is 10.0. The molecule has 88 valence electrons. The zero-order valence-electron chi connectivity index (χ0n) is 9.71. The third-order valence-electron chi connectivity index (χ3n) is 2.88. The van der Waals surface area contributed by atoms with E-state index in [9.17, 15) is 4.79 Å². The van der Waals surface area contributed by atoms with Gasteiger partial charge < -0.3 is 10.6 Å². The molecular formula is C11H22N2OS. The van der Waals surface area contributed by atoms with Crippen molar-refractivity contribution in [2.75, 3.05) is 19.3 Å². The van der Waals surface area contributed by atoms with E-state index >= 15 is 0 Å². The number of thioether (sulfide) groups is 1. The van der Waals surface area contributed by atoms with Crippen molar-refractivity contribution in [3.8, 4) is 0 Å². The third-order valence-corrected chi connectivity index (χ3v) is 3.92. The van der Waals surface area contributed by atoms with Gasteiger partial charge in [0.15, 0.2) is 0 Å². The second kappa shape index (κ2) is 7.12. The predicted octanol–water partition coefficient (Wildman–Crippen LogP) is 1.39. The van der Waals surface area contributed by atoms with Gasteiger partial charge in [0.2, 0.25) is 5.91 Å². The average Bonchev–Trinajstić information content (AvgIpc) is 2.29. The van der Waals surface area contributed by atoms with E-state index in [2.05, 4.69) is 23.8 Å². The van der Waals surface area contributed by atoms with Gasteiger partial charge in [-0.1, -0.05) is 13.3 Å². The molecule has 2 unspecified atom stereocenters. The fourth-order valence-corrected chi connectivity index (χ4v) is 2.07. The van der Waals surface area contributed by atoms with Crippen molar-refractivity contribution in [2.24, 2.45) is 0 Å². The molecule has 0 aliphatic carbocycles. The van der Waals surface area contributed by atoms with Crippen LogP contribution < -0.4 is 10.6 Å². The summed E-state index contributed by atoms with van der Waals surface area (Å²) in [6, 6.07) is 0.0586. The summed E-state index contributed by atoms with van der Waals surface area (Å²) in [5, 5.41) is 6.89. The Morgan fingerprint density at radius 1 is 1.60 bits per heavy atom. The summed E-state index contributed by atoms with van der Waals surface area (Å²) in [4.78, 5) is 11.7. The van der Waals surface area contributed by atoms with Gasteiger partial charge in [-0.3, -0.25) is 4.79 Å². The molecular weight excluding hydrogens is 208 g/mol. The molecule has 1 aliphatic heterocycles.